The van der Waals surface area contributed by atoms with E-state index in [2.05, 4.69) is 49.1 Å². The van der Waals surface area contributed by atoms with E-state index >= 15 is 0 Å². The van der Waals surface area contributed by atoms with Crippen molar-refractivity contribution in [2.24, 2.45) is 0 Å². The van der Waals surface area contributed by atoms with Gasteiger partial charge in [-0.1, -0.05) is 43.5 Å². The van der Waals surface area contributed by atoms with Gasteiger partial charge >= 0.3 is 6.16 Å². The highest BCUT2D eigenvalue weighted by Crippen LogP contribution is 2.33. The number of carbonyl (C=O) groups is 1. The Hall–Kier alpha value is -2.49. The summed E-state index contributed by atoms with van der Waals surface area (Å²) in [5.41, 5.74) is 3.70. The molecule has 1 saturated carbocycles. The second-order valence-electron chi connectivity index (χ2n) is 7.52. The number of rotatable bonds is 7. The third-order valence-corrected chi connectivity index (χ3v) is 5.49. The lowest BCUT2D eigenvalue weighted by molar-refractivity contribution is 0.101. The Morgan fingerprint density at radius 3 is 2.50 bits per heavy atom. The maximum atomic E-state index is 12.0. The van der Waals surface area contributed by atoms with E-state index in [0.717, 1.165) is 12.2 Å². The summed E-state index contributed by atoms with van der Waals surface area (Å²) < 4.78 is 10.6. The Bertz CT molecular complexity index is 751. The highest BCUT2D eigenvalue weighted by Gasteiger charge is 2.16. The second-order valence-corrected chi connectivity index (χ2v) is 7.52. The van der Waals surface area contributed by atoms with Crippen LogP contribution >= 0.6 is 0 Å². The minimum atomic E-state index is -0.647. The number of ether oxygens (including phenoxy) is 2. The van der Waals surface area contributed by atoms with Gasteiger partial charge in [0.25, 0.3) is 0 Å². The molecule has 0 unspecified atom stereocenters. The van der Waals surface area contributed by atoms with Crippen molar-refractivity contribution < 1.29 is 14.3 Å². The van der Waals surface area contributed by atoms with E-state index in [1.807, 2.05) is 18.2 Å². The van der Waals surface area contributed by atoms with Crippen LogP contribution in [0.5, 0.6) is 5.75 Å². The molecule has 4 nitrogen and oxygen atoms in total. The largest absolute Gasteiger partial charge is 0.513 e. The van der Waals surface area contributed by atoms with Gasteiger partial charge in [0.05, 0.1) is 6.54 Å². The third kappa shape index (κ3) is 5.75. The standard InChI is InChI=1S/C24H31NO3/c1-3-25(22-11-7-8-19(2)18-22)16-17-27-24(26)28-23-14-12-21(13-15-23)20-9-5-4-6-10-20/h7-8,11-15,18,20H,3-6,9-10,16-17H2,1-2H3. The van der Waals surface area contributed by atoms with Gasteiger partial charge in [0.1, 0.15) is 12.4 Å². The number of likely N-dealkylation sites (N-methyl/N-ethyl adjacent to an activating group) is 1. The van der Waals surface area contributed by atoms with Gasteiger partial charge in [-0.2, -0.15) is 0 Å². The molecule has 0 N–H and O–H groups in total. The lowest BCUT2D eigenvalue weighted by Crippen LogP contribution is -2.28. The van der Waals surface area contributed by atoms with Crippen LogP contribution in [0, 0.1) is 6.92 Å². The smallest absolute Gasteiger partial charge is 0.432 e. The van der Waals surface area contributed by atoms with E-state index in [-0.39, 0.29) is 0 Å². The molecule has 2 aromatic rings. The number of nitrogens with zero attached hydrogens (tertiary/aromatic N) is 1. The first-order valence-electron chi connectivity index (χ1n) is 10.4. The molecule has 0 atom stereocenters. The number of anilines is 1. The van der Waals surface area contributed by atoms with Crippen molar-refractivity contribution in [3.05, 3.63) is 59.7 Å². The number of hydrogen-bond donors (Lipinski definition) is 0. The molecule has 0 saturated heterocycles. The molecule has 0 aliphatic heterocycles. The molecule has 28 heavy (non-hydrogen) atoms. The van der Waals surface area contributed by atoms with Crippen LogP contribution in [-0.4, -0.2) is 25.9 Å². The monoisotopic (exact) mass is 381 g/mol. The average Bonchev–Trinajstić information content (AvgIpc) is 2.72. The molecule has 0 aromatic heterocycles. The lowest BCUT2D eigenvalue weighted by Gasteiger charge is -2.23. The Morgan fingerprint density at radius 2 is 1.82 bits per heavy atom. The topological polar surface area (TPSA) is 38.8 Å². The van der Waals surface area contributed by atoms with Crippen LogP contribution in [0.25, 0.3) is 0 Å². The van der Waals surface area contributed by atoms with Gasteiger partial charge in [0.2, 0.25) is 0 Å². The predicted octanol–water partition coefficient (Wildman–Crippen LogP) is 6.08. The van der Waals surface area contributed by atoms with E-state index in [9.17, 15) is 4.79 Å². The third-order valence-electron chi connectivity index (χ3n) is 5.49. The van der Waals surface area contributed by atoms with Crippen LogP contribution < -0.4 is 9.64 Å². The minimum Gasteiger partial charge on any atom is -0.432 e. The van der Waals surface area contributed by atoms with Crippen molar-refractivity contribution in [2.75, 3.05) is 24.6 Å². The molecule has 2 aromatic carbocycles. The summed E-state index contributed by atoms with van der Waals surface area (Å²) in [7, 11) is 0. The SMILES string of the molecule is CCN(CCOC(=O)Oc1ccc(C2CCCCC2)cc1)c1cccc(C)c1. The van der Waals surface area contributed by atoms with Crippen LogP contribution in [0.15, 0.2) is 48.5 Å². The quantitative estimate of drug-likeness (QED) is 0.430. The van der Waals surface area contributed by atoms with E-state index < -0.39 is 6.16 Å². The first kappa shape index (κ1) is 20.2. The Balaban J connectivity index is 1.44. The molecule has 1 aliphatic rings. The first-order chi connectivity index (χ1) is 13.7. The highest BCUT2D eigenvalue weighted by atomic mass is 16.7. The molecule has 1 aliphatic carbocycles. The zero-order valence-electron chi connectivity index (χ0n) is 17.0. The molecule has 0 heterocycles. The maximum Gasteiger partial charge on any atom is 0.513 e. The zero-order valence-corrected chi connectivity index (χ0v) is 17.0. The van der Waals surface area contributed by atoms with Crippen molar-refractivity contribution in [1.82, 2.24) is 0 Å². The van der Waals surface area contributed by atoms with Gasteiger partial charge < -0.3 is 14.4 Å². The molecular weight excluding hydrogens is 350 g/mol. The van der Waals surface area contributed by atoms with Gasteiger partial charge in [0, 0.05) is 12.2 Å². The van der Waals surface area contributed by atoms with Crippen LogP contribution in [0.1, 0.15) is 56.1 Å². The number of aryl methyl sites for hydroxylation is 1. The molecule has 1 fully saturated rings. The van der Waals surface area contributed by atoms with Crippen molar-refractivity contribution in [2.45, 2.75) is 51.9 Å². The molecule has 4 heteroatoms. The van der Waals surface area contributed by atoms with E-state index in [4.69, 9.17) is 9.47 Å². The summed E-state index contributed by atoms with van der Waals surface area (Å²) in [5.74, 6) is 1.19. The van der Waals surface area contributed by atoms with Crippen molar-refractivity contribution in [3.8, 4) is 5.75 Å². The van der Waals surface area contributed by atoms with Crippen LogP contribution in [0.4, 0.5) is 10.5 Å². The highest BCUT2D eigenvalue weighted by molar-refractivity contribution is 5.63. The summed E-state index contributed by atoms with van der Waals surface area (Å²) in [6, 6.07) is 16.2. The molecule has 0 bridgehead atoms. The van der Waals surface area contributed by atoms with Crippen LogP contribution in [-0.2, 0) is 4.74 Å². The predicted molar refractivity (Wildman–Crippen MR) is 113 cm³/mol. The fourth-order valence-electron chi connectivity index (χ4n) is 3.90. The Kier molecular flexibility index (Phi) is 7.35. The molecule has 3 rings (SSSR count). The van der Waals surface area contributed by atoms with Gasteiger partial charge in [-0.25, -0.2) is 4.79 Å². The van der Waals surface area contributed by atoms with Gasteiger partial charge in [-0.3, -0.25) is 0 Å². The molecule has 0 spiro atoms. The van der Waals surface area contributed by atoms with E-state index in [1.54, 1.807) is 0 Å². The number of hydrogen-bond acceptors (Lipinski definition) is 4. The minimum absolute atomic E-state index is 0.292. The molecule has 150 valence electrons. The maximum absolute atomic E-state index is 12.0. The Morgan fingerprint density at radius 1 is 1.07 bits per heavy atom. The van der Waals surface area contributed by atoms with Gasteiger partial charge in [-0.15, -0.1) is 0 Å². The number of benzene rings is 2. The summed E-state index contributed by atoms with van der Waals surface area (Å²) in [6.45, 7) is 5.94. The Labute approximate surface area is 168 Å². The zero-order chi connectivity index (χ0) is 19.8. The summed E-state index contributed by atoms with van der Waals surface area (Å²) >= 11 is 0. The first-order valence-corrected chi connectivity index (χ1v) is 10.4. The van der Waals surface area contributed by atoms with Crippen molar-refractivity contribution in [1.29, 1.82) is 0 Å². The van der Waals surface area contributed by atoms with Crippen LogP contribution in [0.3, 0.4) is 0 Å². The van der Waals surface area contributed by atoms with E-state index in [1.165, 1.54) is 43.2 Å². The van der Waals surface area contributed by atoms with Gasteiger partial charge in [0.15, 0.2) is 0 Å². The molecule has 0 radical (unpaired) electrons. The fraction of sp³-hybridized carbons (Fsp3) is 0.458. The van der Waals surface area contributed by atoms with Crippen molar-refractivity contribution in [3.63, 3.8) is 0 Å². The summed E-state index contributed by atoms with van der Waals surface area (Å²) in [5, 5.41) is 0. The van der Waals surface area contributed by atoms with Gasteiger partial charge in [-0.05, 0) is 68.0 Å². The van der Waals surface area contributed by atoms with Crippen LogP contribution in [0.2, 0.25) is 0 Å². The normalized spacial score (nSPS) is 14.5. The summed E-state index contributed by atoms with van der Waals surface area (Å²) in [4.78, 5) is 14.2. The summed E-state index contributed by atoms with van der Waals surface area (Å²) in [6.07, 6.45) is 5.85. The molecule has 0 amide bonds. The lowest BCUT2D eigenvalue weighted by atomic mass is 9.84. The van der Waals surface area contributed by atoms with Crippen molar-refractivity contribution >= 4 is 11.8 Å². The fourth-order valence-corrected chi connectivity index (χ4v) is 3.90. The average molecular weight is 382 g/mol. The second kappa shape index (κ2) is 10.2. The molecular formula is C24H31NO3. The number of carbonyl (C=O) groups excluding carboxylic acids is 1. The van der Waals surface area contributed by atoms with E-state index in [0.29, 0.717) is 24.8 Å².